The fourth-order valence-corrected chi connectivity index (χ4v) is 4.83. The van der Waals surface area contributed by atoms with Crippen LogP contribution in [-0.4, -0.2) is 66.3 Å². The molecule has 2 saturated heterocycles. The summed E-state index contributed by atoms with van der Waals surface area (Å²) in [6, 6.07) is 12.1. The normalized spacial score (nSPS) is 18.0. The summed E-state index contributed by atoms with van der Waals surface area (Å²) < 4.78 is 7.72. The number of pyridine rings is 1. The lowest BCUT2D eigenvalue weighted by Crippen LogP contribution is -2.38. The van der Waals surface area contributed by atoms with Gasteiger partial charge in [0.25, 0.3) is 0 Å². The van der Waals surface area contributed by atoms with Gasteiger partial charge in [0.1, 0.15) is 5.82 Å². The molecule has 0 atom stereocenters. The van der Waals surface area contributed by atoms with Crippen molar-refractivity contribution in [3.63, 3.8) is 0 Å². The molecule has 1 aromatic carbocycles. The van der Waals surface area contributed by atoms with Crippen molar-refractivity contribution in [1.82, 2.24) is 14.5 Å². The number of fused-ring (bicyclic) bond motifs is 1. The molecule has 1 N–H and O–H groups in total. The number of nitrogens with one attached hydrogen (secondary N) is 1. The molecule has 2 aliphatic rings. The molecule has 174 valence electrons. The molecule has 8 heteroatoms. The van der Waals surface area contributed by atoms with Gasteiger partial charge in [-0.25, -0.2) is 4.98 Å². The van der Waals surface area contributed by atoms with Crippen molar-refractivity contribution in [3.05, 3.63) is 53.8 Å². The van der Waals surface area contributed by atoms with Crippen LogP contribution in [0.4, 0.5) is 11.5 Å². The monoisotopic (exact) mass is 467 g/mol. The predicted molar refractivity (Wildman–Crippen MR) is 132 cm³/mol. The first-order valence-electron chi connectivity index (χ1n) is 11.7. The number of morpholine rings is 1. The highest BCUT2D eigenvalue weighted by Crippen LogP contribution is 2.25. The van der Waals surface area contributed by atoms with E-state index >= 15 is 0 Å². The number of benzene rings is 1. The molecule has 2 aromatic heterocycles. The third-order valence-corrected chi connectivity index (χ3v) is 6.92. The Bertz CT molecular complexity index is 1090. The minimum absolute atomic E-state index is 0.0161. The van der Waals surface area contributed by atoms with Crippen LogP contribution in [0.1, 0.15) is 12.8 Å². The Kier molecular flexibility index (Phi) is 6.80. The van der Waals surface area contributed by atoms with Gasteiger partial charge in [0.15, 0.2) is 0 Å². The van der Waals surface area contributed by atoms with Crippen molar-refractivity contribution in [1.29, 1.82) is 0 Å². The van der Waals surface area contributed by atoms with E-state index in [0.717, 1.165) is 82.2 Å². The number of halogens is 1. The number of carbonyl (C=O) groups excluding carboxylic acids is 1. The summed E-state index contributed by atoms with van der Waals surface area (Å²) in [6.45, 7) is 7.27. The van der Waals surface area contributed by atoms with E-state index < -0.39 is 0 Å². The highest BCUT2D eigenvalue weighted by molar-refractivity contribution is 6.30. The number of aromatic nitrogens is 2. The fraction of sp³-hybridized carbons (Fsp3) is 0.440. The van der Waals surface area contributed by atoms with Gasteiger partial charge in [-0.2, -0.15) is 0 Å². The first kappa shape index (κ1) is 22.2. The number of piperidine rings is 1. The van der Waals surface area contributed by atoms with E-state index in [-0.39, 0.29) is 11.8 Å². The lowest BCUT2D eigenvalue weighted by molar-refractivity contribution is -0.120. The molecule has 33 heavy (non-hydrogen) atoms. The lowest BCUT2D eigenvalue weighted by Gasteiger charge is -2.32. The Morgan fingerprint density at radius 1 is 1.06 bits per heavy atom. The number of nitrogens with zero attached hydrogens (tertiary/aromatic N) is 4. The topological polar surface area (TPSA) is 62.6 Å². The molecule has 3 aromatic rings. The zero-order valence-electron chi connectivity index (χ0n) is 18.8. The van der Waals surface area contributed by atoms with Crippen LogP contribution < -0.4 is 10.2 Å². The van der Waals surface area contributed by atoms with Crippen LogP contribution in [0.15, 0.2) is 48.8 Å². The van der Waals surface area contributed by atoms with E-state index in [0.29, 0.717) is 5.02 Å². The van der Waals surface area contributed by atoms with Crippen LogP contribution in [0, 0.1) is 5.92 Å². The van der Waals surface area contributed by atoms with Crippen LogP contribution in [0.3, 0.4) is 0 Å². The maximum absolute atomic E-state index is 12.9. The molecular weight excluding hydrogens is 438 g/mol. The van der Waals surface area contributed by atoms with E-state index in [1.165, 1.54) is 5.52 Å². The van der Waals surface area contributed by atoms with Crippen LogP contribution in [0.25, 0.3) is 10.9 Å². The predicted octanol–water partition coefficient (Wildman–Crippen LogP) is 3.88. The van der Waals surface area contributed by atoms with Gasteiger partial charge in [0.05, 0.1) is 18.2 Å². The maximum atomic E-state index is 12.9. The van der Waals surface area contributed by atoms with Crippen molar-refractivity contribution in [2.75, 3.05) is 56.2 Å². The highest BCUT2D eigenvalue weighted by Gasteiger charge is 2.25. The van der Waals surface area contributed by atoms with Crippen LogP contribution in [0.5, 0.6) is 0 Å². The van der Waals surface area contributed by atoms with Gasteiger partial charge in [-0.15, -0.1) is 0 Å². The first-order valence-corrected chi connectivity index (χ1v) is 12.1. The zero-order valence-corrected chi connectivity index (χ0v) is 19.5. The molecule has 7 nitrogen and oxygen atoms in total. The van der Waals surface area contributed by atoms with Crippen molar-refractivity contribution in [2.45, 2.75) is 19.4 Å². The SMILES string of the molecule is O=C(Nc1ccc2c(ccn2CCN2CCOCC2)c1)C1CCN(c2ccc(Cl)cn2)CC1. The summed E-state index contributed by atoms with van der Waals surface area (Å²) in [5.74, 6) is 1.04. The average molecular weight is 468 g/mol. The molecule has 0 aliphatic carbocycles. The van der Waals surface area contributed by atoms with E-state index in [4.69, 9.17) is 16.3 Å². The van der Waals surface area contributed by atoms with Crippen molar-refractivity contribution in [3.8, 4) is 0 Å². The van der Waals surface area contributed by atoms with Crippen molar-refractivity contribution >= 4 is 39.9 Å². The van der Waals surface area contributed by atoms with E-state index in [9.17, 15) is 4.79 Å². The summed E-state index contributed by atoms with van der Waals surface area (Å²) in [6.07, 6.45) is 5.44. The number of ether oxygens (including phenoxy) is 1. The second-order valence-corrected chi connectivity index (χ2v) is 9.26. The third kappa shape index (κ3) is 5.32. The summed E-state index contributed by atoms with van der Waals surface area (Å²) in [5, 5.41) is 4.92. The Balaban J connectivity index is 1.15. The highest BCUT2D eigenvalue weighted by atomic mass is 35.5. The van der Waals surface area contributed by atoms with Gasteiger partial charge in [-0.3, -0.25) is 9.69 Å². The van der Waals surface area contributed by atoms with Crippen molar-refractivity contribution in [2.24, 2.45) is 5.92 Å². The number of rotatable bonds is 6. The molecule has 0 unspecified atom stereocenters. The zero-order chi connectivity index (χ0) is 22.6. The molecule has 1 amide bonds. The third-order valence-electron chi connectivity index (χ3n) is 6.70. The van der Waals surface area contributed by atoms with Crippen LogP contribution in [0.2, 0.25) is 5.02 Å². The van der Waals surface area contributed by atoms with Crippen LogP contribution in [-0.2, 0) is 16.1 Å². The number of hydrogen-bond acceptors (Lipinski definition) is 5. The fourth-order valence-electron chi connectivity index (χ4n) is 4.72. The molecule has 2 fully saturated rings. The minimum Gasteiger partial charge on any atom is -0.379 e. The lowest BCUT2D eigenvalue weighted by atomic mass is 9.95. The Labute approximate surface area is 199 Å². The summed E-state index contributed by atoms with van der Waals surface area (Å²) in [4.78, 5) is 21.9. The Morgan fingerprint density at radius 3 is 2.64 bits per heavy atom. The smallest absolute Gasteiger partial charge is 0.227 e. The number of carbonyl (C=O) groups is 1. The molecule has 5 rings (SSSR count). The molecule has 2 aliphatic heterocycles. The summed E-state index contributed by atoms with van der Waals surface area (Å²) >= 11 is 5.94. The largest absolute Gasteiger partial charge is 0.379 e. The van der Waals surface area contributed by atoms with E-state index in [2.05, 4.69) is 49.1 Å². The Morgan fingerprint density at radius 2 is 1.88 bits per heavy atom. The van der Waals surface area contributed by atoms with Gasteiger partial charge in [-0.05, 0) is 49.2 Å². The maximum Gasteiger partial charge on any atom is 0.227 e. The van der Waals surface area contributed by atoms with Crippen molar-refractivity contribution < 1.29 is 9.53 Å². The molecule has 0 saturated carbocycles. The van der Waals surface area contributed by atoms with Gasteiger partial charge in [0.2, 0.25) is 5.91 Å². The van der Waals surface area contributed by atoms with Gasteiger partial charge in [-0.1, -0.05) is 11.6 Å². The summed E-state index contributed by atoms with van der Waals surface area (Å²) in [7, 11) is 0. The van der Waals surface area contributed by atoms with Crippen LogP contribution >= 0.6 is 11.6 Å². The first-order chi connectivity index (χ1) is 16.2. The van der Waals surface area contributed by atoms with Gasteiger partial charge in [0, 0.05) is 74.2 Å². The second-order valence-electron chi connectivity index (χ2n) is 8.82. The van der Waals surface area contributed by atoms with Gasteiger partial charge >= 0.3 is 0 Å². The quantitative estimate of drug-likeness (QED) is 0.596. The number of hydrogen-bond donors (Lipinski definition) is 1. The van der Waals surface area contributed by atoms with E-state index in [1.807, 2.05) is 18.2 Å². The molecular formula is C25H30ClN5O2. The van der Waals surface area contributed by atoms with Gasteiger partial charge < -0.3 is 19.5 Å². The Hall–Kier alpha value is -2.61. The number of anilines is 2. The van der Waals surface area contributed by atoms with E-state index in [1.54, 1.807) is 6.20 Å². The molecule has 0 radical (unpaired) electrons. The average Bonchev–Trinajstić information content (AvgIpc) is 3.26. The molecule has 0 bridgehead atoms. The molecule has 0 spiro atoms. The summed E-state index contributed by atoms with van der Waals surface area (Å²) in [5.41, 5.74) is 2.06. The minimum atomic E-state index is 0.0161. The molecule has 4 heterocycles. The second kappa shape index (κ2) is 10.1. The number of amides is 1. The standard InChI is InChI=1S/C25H30ClN5O2/c26-21-1-4-24(27-18-21)31-9-5-19(6-10-31)25(32)28-22-2-3-23-20(17-22)7-8-30(23)12-11-29-13-15-33-16-14-29/h1-4,7-8,17-19H,5-6,9-16H2,(H,28,32).